The fraction of sp³-hybridized carbons (Fsp3) is 0.167. The Bertz CT molecular complexity index is 918. The van der Waals surface area contributed by atoms with Crippen molar-refractivity contribution in [2.45, 2.75) is 17.1 Å². The molecule has 2 aromatic carbocycles. The van der Waals surface area contributed by atoms with Crippen LogP contribution >= 0.6 is 11.8 Å². The number of hydrogen-bond acceptors (Lipinski definition) is 7. The molecule has 7 heteroatoms. The molecule has 4 rings (SSSR count). The molecule has 6 nitrogen and oxygen atoms in total. The normalized spacial score (nSPS) is 15.6. The zero-order chi connectivity index (χ0) is 17.1. The number of rotatable bonds is 4. The van der Waals surface area contributed by atoms with Gasteiger partial charge in [-0.15, -0.1) is 10.2 Å². The second-order valence-corrected chi connectivity index (χ2v) is 6.29. The molecule has 0 aliphatic carbocycles. The lowest BCUT2D eigenvalue weighted by Crippen LogP contribution is -2.21. The number of aromatic nitrogens is 2. The van der Waals surface area contributed by atoms with Gasteiger partial charge in [-0.25, -0.2) is 0 Å². The van der Waals surface area contributed by atoms with Crippen LogP contribution in [-0.2, 0) is 5.75 Å². The summed E-state index contributed by atoms with van der Waals surface area (Å²) in [6, 6.07) is 17.0. The molecule has 0 spiro atoms. The summed E-state index contributed by atoms with van der Waals surface area (Å²) >= 11 is 1.44. The van der Waals surface area contributed by atoms with E-state index in [1.807, 2.05) is 36.4 Å². The number of hydrogen-bond donors (Lipinski definition) is 0. The van der Waals surface area contributed by atoms with Crippen LogP contribution in [-0.4, -0.2) is 16.8 Å². The highest BCUT2D eigenvalue weighted by Crippen LogP contribution is 2.36. The lowest BCUT2D eigenvalue weighted by Gasteiger charge is -2.23. The number of para-hydroxylation sites is 2. The molecule has 0 N–H and O–H groups in total. The summed E-state index contributed by atoms with van der Waals surface area (Å²) in [6.45, 7) is 0.332. The molecular formula is C18H13N3O3S. The van der Waals surface area contributed by atoms with Crippen molar-refractivity contribution in [3.63, 3.8) is 0 Å². The van der Waals surface area contributed by atoms with Gasteiger partial charge in [0.25, 0.3) is 11.1 Å². The molecule has 25 heavy (non-hydrogen) atoms. The fourth-order valence-corrected chi connectivity index (χ4v) is 3.10. The van der Waals surface area contributed by atoms with Crippen LogP contribution in [0.15, 0.2) is 58.2 Å². The minimum Gasteiger partial charge on any atom is -0.485 e. The van der Waals surface area contributed by atoms with Crippen LogP contribution in [0.4, 0.5) is 0 Å². The van der Waals surface area contributed by atoms with E-state index < -0.39 is 6.10 Å². The average molecular weight is 351 g/mol. The van der Waals surface area contributed by atoms with E-state index in [1.165, 1.54) is 11.8 Å². The molecule has 0 radical (unpaired) electrons. The second kappa shape index (κ2) is 6.87. The zero-order valence-corrected chi connectivity index (χ0v) is 13.9. The first-order valence-electron chi connectivity index (χ1n) is 7.65. The minimum atomic E-state index is -0.410. The maximum absolute atomic E-state index is 8.81. The van der Waals surface area contributed by atoms with Crippen LogP contribution < -0.4 is 9.47 Å². The summed E-state index contributed by atoms with van der Waals surface area (Å²) in [5, 5.41) is 17.4. The topological polar surface area (TPSA) is 81.2 Å². The van der Waals surface area contributed by atoms with Crippen LogP contribution in [0, 0.1) is 11.3 Å². The number of thioether (sulfide) groups is 1. The summed E-state index contributed by atoms with van der Waals surface area (Å²) in [5.41, 5.74) is 1.72. The summed E-state index contributed by atoms with van der Waals surface area (Å²) in [5.74, 6) is 2.47. The van der Waals surface area contributed by atoms with Gasteiger partial charge in [0.1, 0.15) is 6.61 Å². The lowest BCUT2D eigenvalue weighted by atomic mass is 10.2. The summed E-state index contributed by atoms with van der Waals surface area (Å²) in [6.07, 6.45) is -0.410. The third-order valence-corrected chi connectivity index (χ3v) is 4.54. The summed E-state index contributed by atoms with van der Waals surface area (Å²) in [7, 11) is 0. The predicted octanol–water partition coefficient (Wildman–Crippen LogP) is 3.75. The van der Waals surface area contributed by atoms with Gasteiger partial charge in [-0.05, 0) is 29.8 Å². The molecule has 2 heterocycles. The largest absolute Gasteiger partial charge is 0.485 e. The number of fused-ring (bicyclic) bond motifs is 1. The van der Waals surface area contributed by atoms with Gasteiger partial charge in [-0.3, -0.25) is 0 Å². The second-order valence-electron chi connectivity index (χ2n) is 5.37. The Kier molecular flexibility index (Phi) is 4.27. The van der Waals surface area contributed by atoms with E-state index in [1.54, 1.807) is 12.1 Å². The van der Waals surface area contributed by atoms with Crippen molar-refractivity contribution >= 4 is 11.8 Å². The molecular weight excluding hydrogens is 338 g/mol. The van der Waals surface area contributed by atoms with E-state index in [0.29, 0.717) is 40.5 Å². The van der Waals surface area contributed by atoms with Crippen molar-refractivity contribution in [2.24, 2.45) is 0 Å². The minimum absolute atomic E-state index is 0.332. The SMILES string of the molecule is N#Cc1ccc(CSc2nnc([C@H]3COc4ccccc4O3)o2)cc1. The summed E-state index contributed by atoms with van der Waals surface area (Å²) in [4.78, 5) is 0. The van der Waals surface area contributed by atoms with E-state index in [-0.39, 0.29) is 0 Å². The van der Waals surface area contributed by atoms with Crippen LogP contribution in [0.2, 0.25) is 0 Å². The van der Waals surface area contributed by atoms with Gasteiger partial charge in [0.15, 0.2) is 11.5 Å². The quantitative estimate of drug-likeness (QED) is 0.662. The van der Waals surface area contributed by atoms with E-state index in [4.69, 9.17) is 19.2 Å². The van der Waals surface area contributed by atoms with Gasteiger partial charge in [0.05, 0.1) is 11.6 Å². The van der Waals surface area contributed by atoms with Crippen molar-refractivity contribution < 1.29 is 13.9 Å². The summed E-state index contributed by atoms with van der Waals surface area (Å²) < 4.78 is 17.2. The first-order chi connectivity index (χ1) is 12.3. The number of nitrogens with zero attached hydrogens (tertiary/aromatic N) is 3. The molecule has 1 aliphatic heterocycles. The van der Waals surface area contributed by atoms with E-state index in [9.17, 15) is 0 Å². The van der Waals surface area contributed by atoms with Gasteiger partial charge in [-0.2, -0.15) is 5.26 Å². The van der Waals surface area contributed by atoms with Crippen molar-refractivity contribution in [3.05, 3.63) is 65.5 Å². The van der Waals surface area contributed by atoms with Gasteiger partial charge in [0, 0.05) is 5.75 Å². The van der Waals surface area contributed by atoms with Gasteiger partial charge < -0.3 is 13.9 Å². The Morgan fingerprint density at radius 1 is 1.08 bits per heavy atom. The average Bonchev–Trinajstić information content (AvgIpc) is 3.15. The van der Waals surface area contributed by atoms with Crippen molar-refractivity contribution in [2.75, 3.05) is 6.61 Å². The molecule has 0 amide bonds. The predicted molar refractivity (Wildman–Crippen MR) is 90.3 cm³/mol. The van der Waals surface area contributed by atoms with Crippen molar-refractivity contribution in [1.82, 2.24) is 10.2 Å². The van der Waals surface area contributed by atoms with Gasteiger partial charge >= 0.3 is 0 Å². The molecule has 1 aliphatic rings. The smallest absolute Gasteiger partial charge is 0.277 e. The highest BCUT2D eigenvalue weighted by molar-refractivity contribution is 7.98. The molecule has 1 atom stereocenters. The van der Waals surface area contributed by atoms with Crippen LogP contribution in [0.25, 0.3) is 0 Å². The lowest BCUT2D eigenvalue weighted by molar-refractivity contribution is 0.0686. The van der Waals surface area contributed by atoms with Gasteiger partial charge in [-0.1, -0.05) is 36.0 Å². The van der Waals surface area contributed by atoms with E-state index in [2.05, 4.69) is 16.3 Å². The Labute approximate surface area is 148 Å². The number of benzene rings is 2. The first kappa shape index (κ1) is 15.5. The zero-order valence-electron chi connectivity index (χ0n) is 13.1. The first-order valence-corrected chi connectivity index (χ1v) is 8.64. The number of ether oxygens (including phenoxy) is 2. The van der Waals surface area contributed by atoms with E-state index >= 15 is 0 Å². The maximum atomic E-state index is 8.81. The monoisotopic (exact) mass is 351 g/mol. The molecule has 3 aromatic rings. The molecule has 0 fully saturated rings. The fourth-order valence-electron chi connectivity index (χ4n) is 2.37. The number of nitriles is 1. The highest BCUT2D eigenvalue weighted by Gasteiger charge is 2.27. The third-order valence-electron chi connectivity index (χ3n) is 3.65. The highest BCUT2D eigenvalue weighted by atomic mass is 32.2. The Balaban J connectivity index is 1.40. The van der Waals surface area contributed by atoms with E-state index in [0.717, 1.165) is 5.56 Å². The van der Waals surface area contributed by atoms with Crippen LogP contribution in [0.1, 0.15) is 23.1 Å². The third kappa shape index (κ3) is 3.44. The Morgan fingerprint density at radius 3 is 2.68 bits per heavy atom. The standard InChI is InChI=1S/C18H13N3O3S/c19-9-12-5-7-13(8-6-12)11-25-18-21-20-17(24-18)16-10-22-14-3-1-2-4-15(14)23-16/h1-8,16H,10-11H2/t16-/m1/s1. The molecule has 0 unspecified atom stereocenters. The molecule has 1 aromatic heterocycles. The maximum Gasteiger partial charge on any atom is 0.277 e. The van der Waals surface area contributed by atoms with Crippen molar-refractivity contribution in [1.29, 1.82) is 5.26 Å². The molecule has 0 saturated heterocycles. The molecule has 0 saturated carbocycles. The molecule has 0 bridgehead atoms. The Morgan fingerprint density at radius 2 is 1.88 bits per heavy atom. The Hall–Kier alpha value is -2.98. The van der Waals surface area contributed by atoms with Crippen molar-refractivity contribution in [3.8, 4) is 17.6 Å². The van der Waals surface area contributed by atoms with Crippen LogP contribution in [0.5, 0.6) is 11.5 Å². The van der Waals surface area contributed by atoms with Crippen LogP contribution in [0.3, 0.4) is 0 Å². The molecule has 124 valence electrons. The van der Waals surface area contributed by atoms with Gasteiger partial charge in [0.2, 0.25) is 6.10 Å².